The maximum absolute atomic E-state index is 11.7. The number of nitrogens with one attached hydrogen (secondary N) is 1. The molecule has 1 unspecified atom stereocenters. The Hall–Kier alpha value is -1.84. The van der Waals surface area contributed by atoms with Crippen molar-refractivity contribution >= 4 is 11.9 Å². The lowest BCUT2D eigenvalue weighted by molar-refractivity contribution is -0.142. The maximum Gasteiger partial charge on any atom is 0.326 e. The van der Waals surface area contributed by atoms with Crippen molar-refractivity contribution < 1.29 is 14.7 Å². The average molecular weight is 261 g/mol. The Morgan fingerprint density at radius 2 is 2.05 bits per heavy atom. The smallest absolute Gasteiger partial charge is 0.326 e. The molecular weight excluding hydrogens is 242 g/mol. The number of amides is 1. The van der Waals surface area contributed by atoms with Crippen LogP contribution in [-0.2, 0) is 16.0 Å². The van der Waals surface area contributed by atoms with Gasteiger partial charge in [0.15, 0.2) is 0 Å². The topological polar surface area (TPSA) is 66.4 Å². The average Bonchev–Trinajstić information content (AvgIpc) is 3.16. The van der Waals surface area contributed by atoms with Gasteiger partial charge in [0.2, 0.25) is 5.91 Å². The fourth-order valence-electron chi connectivity index (χ4n) is 2.08. The number of carboxylic acid groups (broad SMARTS) is 1. The van der Waals surface area contributed by atoms with Crippen molar-refractivity contribution in [2.24, 2.45) is 5.92 Å². The van der Waals surface area contributed by atoms with Gasteiger partial charge in [0.25, 0.3) is 0 Å². The molecule has 1 saturated carbocycles. The summed E-state index contributed by atoms with van der Waals surface area (Å²) in [7, 11) is 0. The van der Waals surface area contributed by atoms with E-state index in [9.17, 15) is 14.7 Å². The Morgan fingerprint density at radius 1 is 1.37 bits per heavy atom. The van der Waals surface area contributed by atoms with E-state index in [0.717, 1.165) is 29.5 Å². The minimum absolute atomic E-state index is 0.0282. The first kappa shape index (κ1) is 13.6. The van der Waals surface area contributed by atoms with Crippen LogP contribution in [0.2, 0.25) is 0 Å². The van der Waals surface area contributed by atoms with Crippen LogP contribution in [0.1, 0.15) is 29.5 Å². The van der Waals surface area contributed by atoms with Crippen molar-refractivity contribution in [1.82, 2.24) is 5.32 Å². The second-order valence-corrected chi connectivity index (χ2v) is 5.31. The molecule has 1 amide bonds. The van der Waals surface area contributed by atoms with E-state index >= 15 is 0 Å². The summed E-state index contributed by atoms with van der Waals surface area (Å²) in [6.07, 6.45) is 2.09. The molecule has 1 atom stereocenters. The second-order valence-electron chi connectivity index (χ2n) is 5.31. The van der Waals surface area contributed by atoms with Gasteiger partial charge in [0, 0.05) is 12.3 Å². The fourth-order valence-corrected chi connectivity index (χ4v) is 2.08. The third kappa shape index (κ3) is 3.56. The van der Waals surface area contributed by atoms with Gasteiger partial charge in [-0.05, 0) is 37.8 Å². The first-order valence-corrected chi connectivity index (χ1v) is 6.56. The molecule has 1 fully saturated rings. The van der Waals surface area contributed by atoms with Crippen LogP contribution in [0.15, 0.2) is 18.2 Å². The van der Waals surface area contributed by atoms with E-state index in [0.29, 0.717) is 6.42 Å². The maximum atomic E-state index is 11.7. The monoisotopic (exact) mass is 261 g/mol. The van der Waals surface area contributed by atoms with E-state index in [4.69, 9.17) is 0 Å². The molecule has 1 aliphatic carbocycles. The summed E-state index contributed by atoms with van der Waals surface area (Å²) in [6.45, 7) is 3.93. The van der Waals surface area contributed by atoms with E-state index in [2.05, 4.69) is 5.32 Å². The van der Waals surface area contributed by atoms with Crippen molar-refractivity contribution in [3.05, 3.63) is 34.9 Å². The van der Waals surface area contributed by atoms with Crippen LogP contribution in [0.25, 0.3) is 0 Å². The first-order valence-electron chi connectivity index (χ1n) is 6.56. The van der Waals surface area contributed by atoms with E-state index in [1.54, 1.807) is 0 Å². The zero-order chi connectivity index (χ0) is 14.0. The van der Waals surface area contributed by atoms with Crippen LogP contribution < -0.4 is 5.32 Å². The second kappa shape index (κ2) is 5.43. The zero-order valence-electron chi connectivity index (χ0n) is 11.3. The fraction of sp³-hybridized carbons (Fsp3) is 0.467. The van der Waals surface area contributed by atoms with Gasteiger partial charge >= 0.3 is 5.97 Å². The number of aryl methyl sites for hydroxylation is 2. The van der Waals surface area contributed by atoms with Crippen molar-refractivity contribution in [2.75, 3.05) is 0 Å². The highest BCUT2D eigenvalue weighted by molar-refractivity contribution is 5.86. The first-order chi connectivity index (χ1) is 8.97. The quantitative estimate of drug-likeness (QED) is 0.849. The Balaban J connectivity index is 2.09. The van der Waals surface area contributed by atoms with E-state index in [1.165, 1.54) is 0 Å². The molecule has 2 rings (SSSR count). The van der Waals surface area contributed by atoms with Crippen LogP contribution >= 0.6 is 0 Å². The summed E-state index contributed by atoms with van der Waals surface area (Å²) < 4.78 is 0. The number of carbonyl (C=O) groups is 2. The van der Waals surface area contributed by atoms with Gasteiger partial charge in [-0.3, -0.25) is 4.79 Å². The number of carboxylic acids is 1. The number of hydrogen-bond acceptors (Lipinski definition) is 2. The predicted molar refractivity (Wildman–Crippen MR) is 71.9 cm³/mol. The van der Waals surface area contributed by atoms with E-state index in [1.807, 2.05) is 32.0 Å². The number of aliphatic carboxylic acids is 1. The summed E-state index contributed by atoms with van der Waals surface area (Å²) >= 11 is 0. The van der Waals surface area contributed by atoms with Gasteiger partial charge < -0.3 is 10.4 Å². The van der Waals surface area contributed by atoms with Gasteiger partial charge in [-0.2, -0.15) is 0 Å². The lowest BCUT2D eigenvalue weighted by Gasteiger charge is -2.16. The van der Waals surface area contributed by atoms with Gasteiger partial charge in [-0.25, -0.2) is 4.79 Å². The highest BCUT2D eigenvalue weighted by atomic mass is 16.4. The molecule has 0 aliphatic heterocycles. The van der Waals surface area contributed by atoms with Gasteiger partial charge in [-0.1, -0.05) is 23.8 Å². The third-order valence-electron chi connectivity index (χ3n) is 3.49. The number of rotatable bonds is 5. The van der Waals surface area contributed by atoms with Crippen LogP contribution in [-0.4, -0.2) is 23.0 Å². The predicted octanol–water partition coefficient (Wildman–Crippen LogP) is 1.83. The lowest BCUT2D eigenvalue weighted by atomic mass is 9.99. The molecule has 0 bridgehead atoms. The number of benzene rings is 1. The molecule has 4 nitrogen and oxygen atoms in total. The summed E-state index contributed by atoms with van der Waals surface area (Å²) in [5.41, 5.74) is 3.12. The number of hydrogen-bond donors (Lipinski definition) is 2. The van der Waals surface area contributed by atoms with Crippen molar-refractivity contribution in [1.29, 1.82) is 0 Å². The molecule has 0 saturated heterocycles. The Morgan fingerprint density at radius 3 is 2.63 bits per heavy atom. The largest absolute Gasteiger partial charge is 0.480 e. The standard InChI is InChI=1S/C15H19NO3/c1-9-3-4-10(2)12(7-9)8-13(15(18)19)16-14(17)11-5-6-11/h3-4,7,11,13H,5-6,8H2,1-2H3,(H,16,17)(H,18,19). The summed E-state index contributed by atoms with van der Waals surface area (Å²) in [5.74, 6) is -1.08. The van der Waals surface area contributed by atoms with Crippen LogP contribution in [0.4, 0.5) is 0 Å². The SMILES string of the molecule is Cc1ccc(C)c(CC(NC(=O)C2CC2)C(=O)O)c1. The van der Waals surface area contributed by atoms with E-state index in [-0.39, 0.29) is 11.8 Å². The minimum Gasteiger partial charge on any atom is -0.480 e. The third-order valence-corrected chi connectivity index (χ3v) is 3.49. The van der Waals surface area contributed by atoms with Crippen LogP contribution in [0.3, 0.4) is 0 Å². The minimum atomic E-state index is -0.977. The molecule has 1 aliphatic rings. The Kier molecular flexibility index (Phi) is 3.88. The summed E-state index contributed by atoms with van der Waals surface area (Å²) in [6, 6.07) is 5.12. The molecule has 0 aromatic heterocycles. The summed E-state index contributed by atoms with van der Waals surface area (Å²) in [4.78, 5) is 23.0. The van der Waals surface area contributed by atoms with Crippen molar-refractivity contribution in [3.8, 4) is 0 Å². The highest BCUT2D eigenvalue weighted by Gasteiger charge is 2.32. The van der Waals surface area contributed by atoms with Crippen molar-refractivity contribution in [2.45, 2.75) is 39.2 Å². The molecule has 1 aromatic rings. The number of carbonyl (C=O) groups excluding carboxylic acids is 1. The molecule has 0 heterocycles. The molecule has 0 radical (unpaired) electrons. The lowest BCUT2D eigenvalue weighted by Crippen LogP contribution is -2.43. The molecule has 2 N–H and O–H groups in total. The van der Waals surface area contributed by atoms with Gasteiger partial charge in [-0.15, -0.1) is 0 Å². The molecule has 102 valence electrons. The summed E-state index contributed by atoms with van der Waals surface area (Å²) in [5, 5.41) is 11.9. The Labute approximate surface area is 112 Å². The molecular formula is C15H19NO3. The van der Waals surface area contributed by atoms with Gasteiger partial charge in [0.1, 0.15) is 6.04 Å². The zero-order valence-corrected chi connectivity index (χ0v) is 11.3. The van der Waals surface area contributed by atoms with Gasteiger partial charge in [0.05, 0.1) is 0 Å². The molecule has 4 heteroatoms. The van der Waals surface area contributed by atoms with Crippen LogP contribution in [0, 0.1) is 19.8 Å². The van der Waals surface area contributed by atoms with Crippen molar-refractivity contribution in [3.63, 3.8) is 0 Å². The molecule has 0 spiro atoms. The van der Waals surface area contributed by atoms with E-state index < -0.39 is 12.0 Å². The normalized spacial score (nSPS) is 15.9. The Bertz CT molecular complexity index is 506. The molecule has 1 aromatic carbocycles. The highest BCUT2D eigenvalue weighted by Crippen LogP contribution is 2.29. The van der Waals surface area contributed by atoms with Crippen LogP contribution in [0.5, 0.6) is 0 Å². The molecule has 19 heavy (non-hydrogen) atoms.